The standard InChI is InChI=1S/C14H18Cl2N2O3S/c1-4-5-22(20,21)8-14(2,19)13-17-11-6-9(15)10(16)7-12(11)18(13)3/h6-7,19H,4-5,8H2,1-3H3. The first-order valence-electron chi connectivity index (χ1n) is 6.82. The van der Waals surface area contributed by atoms with E-state index in [-0.39, 0.29) is 17.3 Å². The minimum absolute atomic E-state index is 0.0325. The summed E-state index contributed by atoms with van der Waals surface area (Å²) in [5.41, 5.74) is -0.363. The van der Waals surface area contributed by atoms with E-state index in [0.717, 1.165) is 0 Å². The smallest absolute Gasteiger partial charge is 0.153 e. The quantitative estimate of drug-likeness (QED) is 0.884. The first-order valence-corrected chi connectivity index (χ1v) is 9.40. The Hall–Kier alpha value is -0.820. The van der Waals surface area contributed by atoms with Gasteiger partial charge in [-0.1, -0.05) is 30.1 Å². The van der Waals surface area contributed by atoms with Crippen molar-refractivity contribution in [3.63, 3.8) is 0 Å². The highest BCUT2D eigenvalue weighted by atomic mass is 35.5. The number of benzene rings is 1. The zero-order valence-electron chi connectivity index (χ0n) is 12.6. The van der Waals surface area contributed by atoms with E-state index in [9.17, 15) is 13.5 Å². The summed E-state index contributed by atoms with van der Waals surface area (Å²) in [6, 6.07) is 3.24. The summed E-state index contributed by atoms with van der Waals surface area (Å²) in [5, 5.41) is 11.4. The molecule has 1 heterocycles. The Morgan fingerprint density at radius 2 is 1.91 bits per heavy atom. The summed E-state index contributed by atoms with van der Waals surface area (Å²) in [6.07, 6.45) is 0.506. The molecular formula is C14H18Cl2N2O3S. The number of fused-ring (bicyclic) bond motifs is 1. The van der Waals surface area contributed by atoms with E-state index in [2.05, 4.69) is 4.98 Å². The van der Waals surface area contributed by atoms with Gasteiger partial charge in [-0.15, -0.1) is 0 Å². The van der Waals surface area contributed by atoms with E-state index in [1.54, 1.807) is 30.7 Å². The molecule has 8 heteroatoms. The van der Waals surface area contributed by atoms with Crippen LogP contribution >= 0.6 is 23.2 Å². The second-order valence-corrected chi connectivity index (χ2v) is 8.61. The van der Waals surface area contributed by atoms with Crippen molar-refractivity contribution in [2.45, 2.75) is 25.9 Å². The third-order valence-corrected chi connectivity index (χ3v) is 6.18. The van der Waals surface area contributed by atoms with Gasteiger partial charge in [0.1, 0.15) is 11.4 Å². The van der Waals surface area contributed by atoms with Crippen molar-refractivity contribution in [1.29, 1.82) is 0 Å². The largest absolute Gasteiger partial charge is 0.381 e. The summed E-state index contributed by atoms with van der Waals surface area (Å²) in [4.78, 5) is 4.34. The normalized spacial score (nSPS) is 15.2. The molecule has 0 bridgehead atoms. The van der Waals surface area contributed by atoms with Crippen LogP contribution in [0.3, 0.4) is 0 Å². The number of halogens is 2. The summed E-state index contributed by atoms with van der Waals surface area (Å²) in [5.74, 6) is -0.0856. The van der Waals surface area contributed by atoms with E-state index in [1.165, 1.54) is 6.92 Å². The lowest BCUT2D eigenvalue weighted by molar-refractivity contribution is 0.0697. The van der Waals surface area contributed by atoms with Gasteiger partial charge in [0.05, 0.1) is 32.6 Å². The minimum atomic E-state index is -3.36. The van der Waals surface area contributed by atoms with E-state index in [1.807, 2.05) is 0 Å². The van der Waals surface area contributed by atoms with E-state index < -0.39 is 15.4 Å². The number of aryl methyl sites for hydroxylation is 1. The zero-order valence-corrected chi connectivity index (χ0v) is 14.9. The molecule has 0 spiro atoms. The van der Waals surface area contributed by atoms with E-state index >= 15 is 0 Å². The molecule has 2 aromatic rings. The van der Waals surface area contributed by atoms with Crippen LogP contribution < -0.4 is 0 Å². The second-order valence-electron chi connectivity index (χ2n) is 5.62. The van der Waals surface area contributed by atoms with Crippen LogP contribution in [0.4, 0.5) is 0 Å². The molecule has 122 valence electrons. The summed E-state index contributed by atoms with van der Waals surface area (Å²) < 4.78 is 25.7. The molecule has 1 unspecified atom stereocenters. The zero-order chi connectivity index (χ0) is 16.7. The lowest BCUT2D eigenvalue weighted by Gasteiger charge is -2.22. The lowest BCUT2D eigenvalue weighted by Crippen LogP contribution is -2.35. The lowest BCUT2D eigenvalue weighted by atomic mass is 10.1. The molecule has 0 saturated heterocycles. The van der Waals surface area contributed by atoms with Crippen LogP contribution in [0.5, 0.6) is 0 Å². The van der Waals surface area contributed by atoms with Gasteiger partial charge in [0, 0.05) is 7.05 Å². The first kappa shape index (κ1) is 17.5. The molecule has 0 aliphatic rings. The van der Waals surface area contributed by atoms with Crippen molar-refractivity contribution in [3.05, 3.63) is 28.0 Å². The van der Waals surface area contributed by atoms with Gasteiger partial charge in [-0.05, 0) is 25.5 Å². The molecule has 0 saturated carbocycles. The van der Waals surface area contributed by atoms with Crippen molar-refractivity contribution < 1.29 is 13.5 Å². The molecule has 1 aromatic carbocycles. The summed E-state index contributed by atoms with van der Waals surface area (Å²) in [7, 11) is -1.66. The summed E-state index contributed by atoms with van der Waals surface area (Å²) >= 11 is 12.0. The predicted octanol–water partition coefficient (Wildman–Crippen LogP) is 2.91. The van der Waals surface area contributed by atoms with E-state index in [0.29, 0.717) is 27.5 Å². The van der Waals surface area contributed by atoms with Gasteiger partial charge >= 0.3 is 0 Å². The van der Waals surface area contributed by atoms with Crippen LogP contribution in [0, 0.1) is 0 Å². The molecule has 22 heavy (non-hydrogen) atoms. The average molecular weight is 365 g/mol. The number of hydrogen-bond acceptors (Lipinski definition) is 4. The number of aliphatic hydroxyl groups is 1. The number of nitrogens with zero attached hydrogens (tertiary/aromatic N) is 2. The highest BCUT2D eigenvalue weighted by molar-refractivity contribution is 7.91. The topological polar surface area (TPSA) is 72.2 Å². The second kappa shape index (κ2) is 6.00. The highest BCUT2D eigenvalue weighted by Crippen LogP contribution is 2.31. The molecule has 0 amide bonds. The number of hydrogen-bond donors (Lipinski definition) is 1. The van der Waals surface area contributed by atoms with Crippen LogP contribution in [0.1, 0.15) is 26.1 Å². The number of sulfone groups is 1. The van der Waals surface area contributed by atoms with Crippen molar-refractivity contribution in [3.8, 4) is 0 Å². The Bertz CT molecular complexity index is 813. The Morgan fingerprint density at radius 1 is 1.32 bits per heavy atom. The van der Waals surface area contributed by atoms with Crippen molar-refractivity contribution in [2.24, 2.45) is 7.05 Å². The molecular weight excluding hydrogens is 347 g/mol. The van der Waals surface area contributed by atoms with Crippen molar-refractivity contribution in [1.82, 2.24) is 9.55 Å². The van der Waals surface area contributed by atoms with Gasteiger partial charge in [-0.3, -0.25) is 0 Å². The number of imidazole rings is 1. The SMILES string of the molecule is CCCS(=O)(=O)CC(C)(O)c1nc2cc(Cl)c(Cl)cc2n1C. The van der Waals surface area contributed by atoms with Gasteiger partial charge in [0.15, 0.2) is 9.84 Å². The Kier molecular flexibility index (Phi) is 4.78. The van der Waals surface area contributed by atoms with Gasteiger partial charge in [-0.25, -0.2) is 13.4 Å². The van der Waals surface area contributed by atoms with Gasteiger partial charge < -0.3 is 9.67 Å². The Balaban J connectivity index is 2.52. The van der Waals surface area contributed by atoms with Crippen LogP contribution in [-0.2, 0) is 22.5 Å². The number of rotatable bonds is 5. The molecule has 0 aliphatic carbocycles. The highest BCUT2D eigenvalue weighted by Gasteiger charge is 2.34. The van der Waals surface area contributed by atoms with Gasteiger partial charge in [-0.2, -0.15) is 0 Å². The predicted molar refractivity (Wildman–Crippen MR) is 89.2 cm³/mol. The maximum Gasteiger partial charge on any atom is 0.153 e. The molecule has 2 rings (SSSR count). The first-order chi connectivity index (χ1) is 10.1. The fraction of sp³-hybridized carbons (Fsp3) is 0.500. The number of aromatic nitrogens is 2. The molecule has 0 fully saturated rings. The molecule has 0 aliphatic heterocycles. The molecule has 5 nitrogen and oxygen atoms in total. The van der Waals surface area contributed by atoms with E-state index in [4.69, 9.17) is 23.2 Å². The third-order valence-electron chi connectivity index (χ3n) is 3.42. The third kappa shape index (κ3) is 3.40. The molecule has 1 aromatic heterocycles. The van der Waals surface area contributed by atoms with Gasteiger partial charge in [0.2, 0.25) is 0 Å². The molecule has 1 atom stereocenters. The van der Waals surface area contributed by atoms with Crippen LogP contribution in [0.2, 0.25) is 10.0 Å². The summed E-state index contributed by atoms with van der Waals surface area (Å²) in [6.45, 7) is 3.23. The van der Waals surface area contributed by atoms with Crippen LogP contribution in [-0.4, -0.2) is 34.6 Å². The maximum atomic E-state index is 12.0. The van der Waals surface area contributed by atoms with Crippen molar-refractivity contribution in [2.75, 3.05) is 11.5 Å². The Morgan fingerprint density at radius 3 is 2.50 bits per heavy atom. The fourth-order valence-electron chi connectivity index (χ4n) is 2.54. The Labute approximate surface area is 139 Å². The monoisotopic (exact) mass is 364 g/mol. The average Bonchev–Trinajstić information content (AvgIpc) is 2.67. The van der Waals surface area contributed by atoms with Crippen LogP contribution in [0.25, 0.3) is 11.0 Å². The molecule has 1 N–H and O–H groups in total. The fourth-order valence-corrected chi connectivity index (χ4v) is 4.61. The van der Waals surface area contributed by atoms with Gasteiger partial charge in [0.25, 0.3) is 0 Å². The van der Waals surface area contributed by atoms with Crippen molar-refractivity contribution >= 4 is 44.1 Å². The molecule has 0 radical (unpaired) electrons. The minimum Gasteiger partial charge on any atom is -0.381 e. The maximum absolute atomic E-state index is 12.0. The van der Waals surface area contributed by atoms with Crippen LogP contribution in [0.15, 0.2) is 12.1 Å².